The molecule has 1 aromatic carbocycles. The third kappa shape index (κ3) is 2.63. The Bertz CT molecular complexity index is 265. The predicted octanol–water partition coefficient (Wildman–Crippen LogP) is 2.16. The first-order chi connectivity index (χ1) is 6.36. The van der Waals surface area contributed by atoms with Crippen LogP contribution in [-0.4, -0.2) is 13.1 Å². The number of halogens is 1. The Labute approximate surface area is 91.3 Å². The topological polar surface area (TPSA) is 38.0 Å². The van der Waals surface area contributed by atoms with Crippen molar-refractivity contribution in [3.05, 3.63) is 29.8 Å². The molecule has 0 amide bonds. The monoisotopic (exact) mass is 212 g/mol. The Hall–Kier alpha value is -0.730. The third-order valence-electron chi connectivity index (χ3n) is 2.75. The second kappa shape index (κ2) is 5.23. The van der Waals surface area contributed by atoms with Crippen molar-refractivity contribution in [1.29, 1.82) is 0 Å². The highest BCUT2D eigenvalue weighted by Crippen LogP contribution is 2.25. The van der Waals surface area contributed by atoms with Gasteiger partial charge in [0, 0.05) is 5.69 Å². The van der Waals surface area contributed by atoms with Crippen LogP contribution >= 0.6 is 12.4 Å². The summed E-state index contributed by atoms with van der Waals surface area (Å²) in [6.45, 7) is 2.30. The quantitative estimate of drug-likeness (QED) is 0.701. The van der Waals surface area contributed by atoms with E-state index < -0.39 is 0 Å². The Balaban J connectivity index is 0.000000980. The fourth-order valence-electron chi connectivity index (χ4n) is 1.92. The van der Waals surface area contributed by atoms with Gasteiger partial charge in [-0.25, -0.2) is 0 Å². The van der Waals surface area contributed by atoms with Crippen molar-refractivity contribution in [2.45, 2.75) is 18.8 Å². The van der Waals surface area contributed by atoms with Crippen LogP contribution in [0.2, 0.25) is 0 Å². The molecule has 14 heavy (non-hydrogen) atoms. The molecule has 0 spiro atoms. The van der Waals surface area contributed by atoms with Crippen LogP contribution in [0, 0.1) is 0 Å². The van der Waals surface area contributed by atoms with Gasteiger partial charge in [0.05, 0.1) is 0 Å². The molecule has 0 aromatic heterocycles. The number of nitrogens with one attached hydrogen (secondary N) is 1. The van der Waals surface area contributed by atoms with Crippen LogP contribution in [0.4, 0.5) is 5.69 Å². The van der Waals surface area contributed by atoms with E-state index in [9.17, 15) is 0 Å². The van der Waals surface area contributed by atoms with Gasteiger partial charge < -0.3 is 11.1 Å². The maximum Gasteiger partial charge on any atom is 0.0314 e. The summed E-state index contributed by atoms with van der Waals surface area (Å²) in [6.07, 6.45) is 2.51. The SMILES string of the molecule is Cl.Nc1ccc(C2CCNCC2)cc1. The molecule has 1 saturated heterocycles. The van der Waals surface area contributed by atoms with Crippen LogP contribution < -0.4 is 11.1 Å². The zero-order valence-electron chi connectivity index (χ0n) is 8.20. The van der Waals surface area contributed by atoms with Gasteiger partial charge in [0.15, 0.2) is 0 Å². The average molecular weight is 213 g/mol. The summed E-state index contributed by atoms with van der Waals surface area (Å²) in [7, 11) is 0. The van der Waals surface area contributed by atoms with Gasteiger partial charge in [-0.15, -0.1) is 12.4 Å². The molecular formula is C11H17ClN2. The highest BCUT2D eigenvalue weighted by atomic mass is 35.5. The summed E-state index contributed by atoms with van der Waals surface area (Å²) in [5.41, 5.74) is 7.94. The molecule has 2 nitrogen and oxygen atoms in total. The van der Waals surface area contributed by atoms with Crippen molar-refractivity contribution < 1.29 is 0 Å². The van der Waals surface area contributed by atoms with Crippen molar-refractivity contribution >= 4 is 18.1 Å². The van der Waals surface area contributed by atoms with Crippen molar-refractivity contribution in [2.75, 3.05) is 18.8 Å². The number of piperidine rings is 1. The van der Waals surface area contributed by atoms with E-state index in [4.69, 9.17) is 5.73 Å². The number of rotatable bonds is 1. The fourth-order valence-corrected chi connectivity index (χ4v) is 1.92. The number of anilines is 1. The summed E-state index contributed by atoms with van der Waals surface area (Å²) < 4.78 is 0. The molecule has 0 unspecified atom stereocenters. The van der Waals surface area contributed by atoms with E-state index in [1.54, 1.807) is 0 Å². The van der Waals surface area contributed by atoms with E-state index in [0.717, 1.165) is 24.7 Å². The summed E-state index contributed by atoms with van der Waals surface area (Å²) in [5, 5.41) is 3.37. The third-order valence-corrected chi connectivity index (χ3v) is 2.75. The van der Waals surface area contributed by atoms with Gasteiger partial charge in [0.25, 0.3) is 0 Å². The number of nitrogen functional groups attached to an aromatic ring is 1. The molecule has 3 heteroatoms. The van der Waals surface area contributed by atoms with Crippen molar-refractivity contribution in [3.63, 3.8) is 0 Å². The molecule has 0 aliphatic carbocycles. The van der Waals surface area contributed by atoms with Gasteiger partial charge in [0.2, 0.25) is 0 Å². The van der Waals surface area contributed by atoms with Gasteiger partial charge in [-0.1, -0.05) is 12.1 Å². The molecule has 78 valence electrons. The van der Waals surface area contributed by atoms with Crippen molar-refractivity contribution in [1.82, 2.24) is 5.32 Å². The van der Waals surface area contributed by atoms with Crippen molar-refractivity contribution in [2.24, 2.45) is 0 Å². The number of nitrogens with two attached hydrogens (primary N) is 1. The van der Waals surface area contributed by atoms with Gasteiger partial charge in [-0.3, -0.25) is 0 Å². The summed E-state index contributed by atoms with van der Waals surface area (Å²) >= 11 is 0. The van der Waals surface area contributed by atoms with Gasteiger partial charge >= 0.3 is 0 Å². The Morgan fingerprint density at radius 1 is 1.07 bits per heavy atom. The van der Waals surface area contributed by atoms with E-state index in [1.807, 2.05) is 12.1 Å². The van der Waals surface area contributed by atoms with Gasteiger partial charge in [-0.05, 0) is 49.5 Å². The molecule has 0 saturated carbocycles. The lowest BCUT2D eigenvalue weighted by molar-refractivity contribution is 0.460. The minimum Gasteiger partial charge on any atom is -0.399 e. The molecule has 2 rings (SSSR count). The van der Waals surface area contributed by atoms with Crippen LogP contribution in [0.25, 0.3) is 0 Å². The molecule has 3 N–H and O–H groups in total. The lowest BCUT2D eigenvalue weighted by atomic mass is 9.90. The maximum absolute atomic E-state index is 5.64. The first kappa shape index (κ1) is 11.3. The van der Waals surface area contributed by atoms with Crippen LogP contribution in [0.3, 0.4) is 0 Å². The average Bonchev–Trinajstić information content (AvgIpc) is 2.20. The molecule has 1 aromatic rings. The molecule has 1 fully saturated rings. The van der Waals surface area contributed by atoms with E-state index in [2.05, 4.69) is 17.4 Å². The molecule has 0 bridgehead atoms. The highest BCUT2D eigenvalue weighted by Gasteiger charge is 2.14. The number of hydrogen-bond acceptors (Lipinski definition) is 2. The van der Waals surface area contributed by atoms with Crippen LogP contribution in [0.5, 0.6) is 0 Å². The normalized spacial score (nSPS) is 17.4. The van der Waals surface area contributed by atoms with E-state index >= 15 is 0 Å². The molecule has 0 radical (unpaired) electrons. The minimum absolute atomic E-state index is 0. The van der Waals surface area contributed by atoms with Crippen molar-refractivity contribution in [3.8, 4) is 0 Å². The fraction of sp³-hybridized carbons (Fsp3) is 0.455. The van der Waals surface area contributed by atoms with Crippen LogP contribution in [-0.2, 0) is 0 Å². The Morgan fingerprint density at radius 2 is 1.64 bits per heavy atom. The molecule has 1 aliphatic rings. The summed E-state index contributed by atoms with van der Waals surface area (Å²) in [6, 6.07) is 8.31. The van der Waals surface area contributed by atoms with E-state index in [0.29, 0.717) is 0 Å². The second-order valence-corrected chi connectivity index (χ2v) is 3.69. The molecule has 0 atom stereocenters. The Morgan fingerprint density at radius 3 is 2.21 bits per heavy atom. The molecular weight excluding hydrogens is 196 g/mol. The predicted molar refractivity (Wildman–Crippen MR) is 62.9 cm³/mol. The van der Waals surface area contributed by atoms with E-state index in [-0.39, 0.29) is 12.4 Å². The number of benzene rings is 1. The molecule has 1 aliphatic heterocycles. The smallest absolute Gasteiger partial charge is 0.0314 e. The first-order valence-electron chi connectivity index (χ1n) is 4.92. The minimum atomic E-state index is 0. The van der Waals surface area contributed by atoms with Crippen LogP contribution in [0.1, 0.15) is 24.3 Å². The Kier molecular flexibility index (Phi) is 4.23. The standard InChI is InChI=1S/C11H16N2.ClH/c12-11-3-1-9(2-4-11)10-5-7-13-8-6-10;/h1-4,10,13H,5-8,12H2;1H. The zero-order valence-corrected chi connectivity index (χ0v) is 9.02. The molecule has 1 heterocycles. The highest BCUT2D eigenvalue weighted by molar-refractivity contribution is 5.85. The lowest BCUT2D eigenvalue weighted by Crippen LogP contribution is -2.26. The summed E-state index contributed by atoms with van der Waals surface area (Å²) in [5.74, 6) is 0.738. The first-order valence-corrected chi connectivity index (χ1v) is 4.92. The maximum atomic E-state index is 5.64. The summed E-state index contributed by atoms with van der Waals surface area (Å²) in [4.78, 5) is 0. The largest absolute Gasteiger partial charge is 0.399 e. The lowest BCUT2D eigenvalue weighted by Gasteiger charge is -2.22. The van der Waals surface area contributed by atoms with Crippen LogP contribution in [0.15, 0.2) is 24.3 Å². The zero-order chi connectivity index (χ0) is 9.10. The van der Waals surface area contributed by atoms with E-state index in [1.165, 1.54) is 18.4 Å². The van der Waals surface area contributed by atoms with Gasteiger partial charge in [-0.2, -0.15) is 0 Å². The number of hydrogen-bond donors (Lipinski definition) is 2. The second-order valence-electron chi connectivity index (χ2n) is 3.69. The van der Waals surface area contributed by atoms with Gasteiger partial charge in [0.1, 0.15) is 0 Å².